The van der Waals surface area contributed by atoms with E-state index in [4.69, 9.17) is 9.47 Å². The van der Waals surface area contributed by atoms with E-state index in [1.54, 1.807) is 0 Å². The first-order valence-corrected chi connectivity index (χ1v) is 4.62. The number of hydrogen-bond donors (Lipinski definition) is 0. The molecular weight excluding hydrogens is 168 g/mol. The molecular formula is C10H16O3. The topological polar surface area (TPSA) is 38.8 Å². The van der Waals surface area contributed by atoms with Crippen LogP contribution in [0, 0.1) is 0 Å². The molecule has 1 aliphatic heterocycles. The molecule has 1 atom stereocenters. The number of epoxide rings is 1. The highest BCUT2D eigenvalue weighted by molar-refractivity contribution is 5.87. The van der Waals surface area contributed by atoms with Crippen molar-refractivity contribution in [1.82, 2.24) is 0 Å². The van der Waals surface area contributed by atoms with E-state index >= 15 is 0 Å². The van der Waals surface area contributed by atoms with Gasteiger partial charge < -0.3 is 9.47 Å². The predicted molar refractivity (Wildman–Crippen MR) is 49.4 cm³/mol. The Balaban J connectivity index is 2.26. The van der Waals surface area contributed by atoms with Crippen molar-refractivity contribution in [2.45, 2.75) is 32.3 Å². The first-order valence-electron chi connectivity index (χ1n) is 4.62. The van der Waals surface area contributed by atoms with Crippen LogP contribution < -0.4 is 0 Å². The summed E-state index contributed by atoms with van der Waals surface area (Å²) in [5.74, 6) is -0.300. The zero-order valence-corrected chi connectivity index (χ0v) is 8.26. The Morgan fingerprint density at radius 1 is 1.62 bits per heavy atom. The quantitative estimate of drug-likeness (QED) is 0.370. The van der Waals surface area contributed by atoms with Gasteiger partial charge in [-0.3, -0.25) is 0 Å². The second kappa shape index (κ2) is 3.92. The van der Waals surface area contributed by atoms with Crippen molar-refractivity contribution in [3.8, 4) is 0 Å². The molecule has 0 aliphatic carbocycles. The molecule has 0 aromatic carbocycles. The monoisotopic (exact) mass is 184 g/mol. The molecule has 0 N–H and O–H groups in total. The Labute approximate surface area is 78.7 Å². The summed E-state index contributed by atoms with van der Waals surface area (Å²) in [6.07, 6.45) is 1.53. The van der Waals surface area contributed by atoms with Crippen molar-refractivity contribution in [2.75, 3.05) is 13.2 Å². The molecule has 1 rings (SSSR count). The van der Waals surface area contributed by atoms with E-state index in [-0.39, 0.29) is 11.6 Å². The van der Waals surface area contributed by atoms with Crippen LogP contribution in [0.2, 0.25) is 0 Å². The van der Waals surface area contributed by atoms with Gasteiger partial charge in [0.1, 0.15) is 12.2 Å². The lowest BCUT2D eigenvalue weighted by molar-refractivity contribution is -0.141. The van der Waals surface area contributed by atoms with Crippen LogP contribution >= 0.6 is 0 Å². The Bertz CT molecular complexity index is 216. The Morgan fingerprint density at radius 3 is 2.62 bits per heavy atom. The molecule has 13 heavy (non-hydrogen) atoms. The van der Waals surface area contributed by atoms with Gasteiger partial charge in [0.05, 0.1) is 6.61 Å². The van der Waals surface area contributed by atoms with E-state index in [0.717, 1.165) is 6.42 Å². The van der Waals surface area contributed by atoms with Crippen LogP contribution in [0.1, 0.15) is 26.7 Å². The number of ether oxygens (including phenoxy) is 2. The highest BCUT2D eigenvalue weighted by Gasteiger charge is 2.44. The summed E-state index contributed by atoms with van der Waals surface area (Å²) >= 11 is 0. The molecule has 0 spiro atoms. The fourth-order valence-electron chi connectivity index (χ4n) is 0.935. The number of rotatable bonds is 5. The number of carbonyl (C=O) groups is 1. The molecule has 1 fully saturated rings. The number of carbonyl (C=O) groups excluding carboxylic acids is 1. The molecule has 1 saturated heterocycles. The largest absolute Gasteiger partial charge is 0.459 e. The van der Waals surface area contributed by atoms with Crippen molar-refractivity contribution in [2.24, 2.45) is 0 Å². The van der Waals surface area contributed by atoms with Gasteiger partial charge in [-0.1, -0.05) is 20.4 Å². The van der Waals surface area contributed by atoms with Crippen LogP contribution in [0.4, 0.5) is 0 Å². The standard InChI is InChI=1S/C10H16O3/c1-4-8(3)9(11)12-6-10(5-2)7-13-10/h3-7H2,1-2H3. The van der Waals surface area contributed by atoms with E-state index in [1.807, 2.05) is 13.8 Å². The average molecular weight is 184 g/mol. The van der Waals surface area contributed by atoms with Crippen LogP contribution in [0.5, 0.6) is 0 Å². The third-order valence-corrected chi connectivity index (χ3v) is 2.38. The van der Waals surface area contributed by atoms with E-state index in [9.17, 15) is 4.79 Å². The Hall–Kier alpha value is -0.830. The molecule has 1 aliphatic rings. The Morgan fingerprint density at radius 2 is 2.23 bits per heavy atom. The van der Waals surface area contributed by atoms with E-state index < -0.39 is 0 Å². The predicted octanol–water partition coefficient (Wildman–Crippen LogP) is 1.67. The molecule has 3 nitrogen and oxygen atoms in total. The minimum atomic E-state index is -0.300. The number of hydrogen-bond acceptors (Lipinski definition) is 3. The molecule has 74 valence electrons. The third-order valence-electron chi connectivity index (χ3n) is 2.38. The van der Waals surface area contributed by atoms with Crippen LogP contribution in [0.25, 0.3) is 0 Å². The lowest BCUT2D eigenvalue weighted by Gasteiger charge is -2.10. The van der Waals surface area contributed by atoms with Gasteiger partial charge in [0.15, 0.2) is 0 Å². The fraction of sp³-hybridized carbons (Fsp3) is 0.700. The Kier molecular flexibility index (Phi) is 3.09. The molecule has 0 aromatic rings. The molecule has 0 amide bonds. The summed E-state index contributed by atoms with van der Waals surface area (Å²) in [7, 11) is 0. The molecule has 0 saturated carbocycles. The first-order chi connectivity index (χ1) is 6.13. The van der Waals surface area contributed by atoms with Crippen molar-refractivity contribution >= 4 is 5.97 Å². The van der Waals surface area contributed by atoms with E-state index in [1.165, 1.54) is 0 Å². The van der Waals surface area contributed by atoms with Crippen LogP contribution in [-0.4, -0.2) is 24.8 Å². The van der Waals surface area contributed by atoms with Crippen molar-refractivity contribution < 1.29 is 14.3 Å². The average Bonchev–Trinajstić information content (AvgIpc) is 2.93. The molecule has 0 bridgehead atoms. The van der Waals surface area contributed by atoms with Gasteiger partial charge in [-0.05, 0) is 12.8 Å². The van der Waals surface area contributed by atoms with Crippen LogP contribution in [0.15, 0.2) is 12.2 Å². The second-order valence-electron chi connectivity index (χ2n) is 3.36. The second-order valence-corrected chi connectivity index (χ2v) is 3.36. The molecule has 0 radical (unpaired) electrons. The smallest absolute Gasteiger partial charge is 0.333 e. The van der Waals surface area contributed by atoms with Gasteiger partial charge in [-0.25, -0.2) is 4.79 Å². The highest BCUT2D eigenvalue weighted by atomic mass is 16.6. The zero-order chi connectivity index (χ0) is 9.90. The van der Waals surface area contributed by atoms with Gasteiger partial charge in [0, 0.05) is 5.57 Å². The normalized spacial score (nSPS) is 25.4. The summed E-state index contributed by atoms with van der Waals surface area (Å²) < 4.78 is 10.3. The summed E-state index contributed by atoms with van der Waals surface area (Å²) in [5.41, 5.74) is 0.343. The minimum Gasteiger partial charge on any atom is -0.459 e. The number of esters is 1. The highest BCUT2D eigenvalue weighted by Crippen LogP contribution is 2.30. The van der Waals surface area contributed by atoms with Crippen molar-refractivity contribution in [3.63, 3.8) is 0 Å². The van der Waals surface area contributed by atoms with E-state index in [0.29, 0.717) is 25.2 Å². The van der Waals surface area contributed by atoms with Crippen LogP contribution in [-0.2, 0) is 14.3 Å². The van der Waals surface area contributed by atoms with Gasteiger partial charge in [0.2, 0.25) is 0 Å². The van der Waals surface area contributed by atoms with Gasteiger partial charge in [-0.2, -0.15) is 0 Å². The molecule has 0 aromatic heterocycles. The summed E-state index contributed by atoms with van der Waals surface area (Å²) in [5, 5.41) is 0. The maximum atomic E-state index is 11.2. The zero-order valence-electron chi connectivity index (χ0n) is 8.26. The van der Waals surface area contributed by atoms with Gasteiger partial charge in [0.25, 0.3) is 0 Å². The molecule has 3 heteroatoms. The van der Waals surface area contributed by atoms with Crippen molar-refractivity contribution in [1.29, 1.82) is 0 Å². The third kappa shape index (κ3) is 2.56. The first kappa shape index (κ1) is 10.3. The summed E-state index contributed by atoms with van der Waals surface area (Å²) in [4.78, 5) is 11.2. The lowest BCUT2D eigenvalue weighted by Crippen LogP contribution is -2.21. The fourth-order valence-corrected chi connectivity index (χ4v) is 0.935. The SMILES string of the molecule is C=C(CC)C(=O)OCC1(CC)CO1. The lowest BCUT2D eigenvalue weighted by atomic mass is 10.1. The van der Waals surface area contributed by atoms with Crippen LogP contribution in [0.3, 0.4) is 0 Å². The summed E-state index contributed by atoms with van der Waals surface area (Å²) in [6, 6.07) is 0. The maximum absolute atomic E-state index is 11.2. The van der Waals surface area contributed by atoms with E-state index in [2.05, 4.69) is 6.58 Å². The molecule has 1 heterocycles. The summed E-state index contributed by atoms with van der Waals surface area (Å²) in [6.45, 7) is 8.58. The molecule has 1 unspecified atom stereocenters. The van der Waals surface area contributed by atoms with Gasteiger partial charge in [-0.15, -0.1) is 0 Å². The maximum Gasteiger partial charge on any atom is 0.333 e. The van der Waals surface area contributed by atoms with Gasteiger partial charge >= 0.3 is 5.97 Å². The van der Waals surface area contributed by atoms with Crippen molar-refractivity contribution in [3.05, 3.63) is 12.2 Å². The minimum absolute atomic E-state index is 0.177.